The van der Waals surface area contributed by atoms with E-state index in [4.69, 9.17) is 4.74 Å². The molecule has 0 aliphatic rings. The van der Waals surface area contributed by atoms with Crippen molar-refractivity contribution in [1.29, 1.82) is 0 Å². The average Bonchev–Trinajstić information content (AvgIpc) is 2.71. The molecule has 1 N–H and O–H groups in total. The molecule has 0 bridgehead atoms. The summed E-state index contributed by atoms with van der Waals surface area (Å²) in [5.41, 5.74) is 1.92. The molecule has 0 radical (unpaired) electrons. The zero-order valence-corrected chi connectivity index (χ0v) is 14.7. The number of hydrogen-bond donors (Lipinski definition) is 1. The zero-order valence-electron chi connectivity index (χ0n) is 14.7. The highest BCUT2D eigenvalue weighted by Gasteiger charge is 2.09. The van der Waals surface area contributed by atoms with Crippen LogP contribution < -0.4 is 5.32 Å². The van der Waals surface area contributed by atoms with Gasteiger partial charge in [-0.15, -0.1) is 0 Å². The van der Waals surface area contributed by atoms with Gasteiger partial charge < -0.3 is 19.6 Å². The fraction of sp³-hybridized carbons (Fsp3) is 0.250. The van der Waals surface area contributed by atoms with Crippen LogP contribution in [0.15, 0.2) is 60.7 Å². The van der Waals surface area contributed by atoms with Gasteiger partial charge in [-0.2, -0.15) is 0 Å². The normalized spacial score (nSPS) is 10.5. The Hall–Kier alpha value is -3.15. The van der Waals surface area contributed by atoms with Gasteiger partial charge in [0.05, 0.1) is 6.04 Å². The first-order valence-corrected chi connectivity index (χ1v) is 8.21. The lowest BCUT2D eigenvalue weighted by Gasteiger charge is -2.10. The van der Waals surface area contributed by atoms with Crippen LogP contribution >= 0.6 is 0 Å². The molecule has 26 heavy (non-hydrogen) atoms. The standard InChI is InChI=1S/C12H15NO3.C8H8O2/c1-2-11(8-14)13-12(15)16-9-10-6-4-3-5-7-10;9-7-10-6-8-4-2-1-3-5-8/h3-8,11H,2,9H2,1H3,(H,13,15);1-5,7H,6H2/t11-;/m1./s1. The van der Waals surface area contributed by atoms with Gasteiger partial charge in [0.2, 0.25) is 0 Å². The molecule has 0 spiro atoms. The van der Waals surface area contributed by atoms with E-state index in [2.05, 4.69) is 10.1 Å². The summed E-state index contributed by atoms with van der Waals surface area (Å²) in [6, 6.07) is 18.4. The van der Waals surface area contributed by atoms with Crippen LogP contribution in [0.5, 0.6) is 0 Å². The van der Waals surface area contributed by atoms with Gasteiger partial charge in [-0.05, 0) is 17.5 Å². The Morgan fingerprint density at radius 2 is 1.50 bits per heavy atom. The van der Waals surface area contributed by atoms with E-state index in [9.17, 15) is 14.4 Å². The molecule has 138 valence electrons. The molecule has 2 aromatic rings. The molecule has 2 rings (SSSR count). The maximum absolute atomic E-state index is 11.3. The molecule has 0 unspecified atom stereocenters. The molecule has 1 atom stereocenters. The van der Waals surface area contributed by atoms with Crippen LogP contribution in [-0.4, -0.2) is 24.9 Å². The average molecular weight is 357 g/mol. The number of aldehydes is 1. The highest BCUT2D eigenvalue weighted by molar-refractivity contribution is 5.72. The van der Waals surface area contributed by atoms with Gasteiger partial charge in [0.25, 0.3) is 6.47 Å². The third-order valence-electron chi connectivity index (χ3n) is 3.28. The molecule has 0 fully saturated rings. The number of ether oxygens (including phenoxy) is 2. The van der Waals surface area contributed by atoms with Gasteiger partial charge in [-0.1, -0.05) is 67.6 Å². The number of amides is 1. The molecule has 2 aromatic carbocycles. The Balaban J connectivity index is 0.000000289. The molecule has 0 aromatic heterocycles. The first-order valence-electron chi connectivity index (χ1n) is 8.21. The lowest BCUT2D eigenvalue weighted by molar-refractivity contribution is -0.129. The summed E-state index contributed by atoms with van der Waals surface area (Å²) < 4.78 is 9.49. The van der Waals surface area contributed by atoms with Gasteiger partial charge in [0.15, 0.2) is 0 Å². The van der Waals surface area contributed by atoms with E-state index in [-0.39, 0.29) is 6.61 Å². The van der Waals surface area contributed by atoms with Crippen molar-refractivity contribution >= 4 is 18.9 Å². The first kappa shape index (κ1) is 20.9. The Morgan fingerprint density at radius 1 is 0.962 bits per heavy atom. The van der Waals surface area contributed by atoms with Crippen LogP contribution in [0.4, 0.5) is 4.79 Å². The lowest BCUT2D eigenvalue weighted by Crippen LogP contribution is -2.35. The molecule has 1 amide bonds. The minimum absolute atomic E-state index is 0.210. The van der Waals surface area contributed by atoms with Crippen molar-refractivity contribution in [3.05, 3.63) is 71.8 Å². The van der Waals surface area contributed by atoms with Crippen LogP contribution in [0.3, 0.4) is 0 Å². The fourth-order valence-corrected chi connectivity index (χ4v) is 1.85. The largest absolute Gasteiger partial charge is 0.463 e. The van der Waals surface area contributed by atoms with Crippen molar-refractivity contribution < 1.29 is 23.9 Å². The molecular weight excluding hydrogens is 334 g/mol. The van der Waals surface area contributed by atoms with Crippen LogP contribution in [0, 0.1) is 0 Å². The molecular formula is C20H23NO5. The van der Waals surface area contributed by atoms with E-state index < -0.39 is 12.1 Å². The van der Waals surface area contributed by atoms with Gasteiger partial charge in [-0.3, -0.25) is 4.79 Å². The second kappa shape index (κ2) is 13.2. The number of rotatable bonds is 8. The van der Waals surface area contributed by atoms with Crippen LogP contribution in [-0.2, 0) is 32.3 Å². The van der Waals surface area contributed by atoms with Crippen LogP contribution in [0.25, 0.3) is 0 Å². The molecule has 0 aliphatic carbocycles. The molecule has 6 heteroatoms. The zero-order chi connectivity index (χ0) is 19.0. The summed E-state index contributed by atoms with van der Waals surface area (Å²) in [6.45, 7) is 2.84. The Kier molecular flexibility index (Phi) is 10.6. The summed E-state index contributed by atoms with van der Waals surface area (Å²) in [5, 5.41) is 2.46. The highest BCUT2D eigenvalue weighted by atomic mass is 16.5. The lowest BCUT2D eigenvalue weighted by atomic mass is 10.2. The highest BCUT2D eigenvalue weighted by Crippen LogP contribution is 2.01. The second-order valence-electron chi connectivity index (χ2n) is 5.25. The summed E-state index contributed by atoms with van der Waals surface area (Å²) in [4.78, 5) is 31.5. The summed E-state index contributed by atoms with van der Waals surface area (Å²) >= 11 is 0. The predicted molar refractivity (Wildman–Crippen MR) is 97.2 cm³/mol. The maximum atomic E-state index is 11.3. The monoisotopic (exact) mass is 357 g/mol. The van der Waals surface area contributed by atoms with Gasteiger partial charge in [-0.25, -0.2) is 4.79 Å². The van der Waals surface area contributed by atoms with E-state index in [1.165, 1.54) is 0 Å². The van der Waals surface area contributed by atoms with E-state index >= 15 is 0 Å². The maximum Gasteiger partial charge on any atom is 0.408 e. The third-order valence-corrected chi connectivity index (χ3v) is 3.28. The van der Waals surface area contributed by atoms with Crippen LogP contribution in [0.2, 0.25) is 0 Å². The fourth-order valence-electron chi connectivity index (χ4n) is 1.85. The van der Waals surface area contributed by atoms with E-state index in [1.54, 1.807) is 0 Å². The summed E-state index contributed by atoms with van der Waals surface area (Å²) in [6.07, 6.45) is 0.691. The van der Waals surface area contributed by atoms with E-state index in [0.717, 1.165) is 11.1 Å². The van der Waals surface area contributed by atoms with Crippen molar-refractivity contribution in [2.45, 2.75) is 32.6 Å². The quantitative estimate of drug-likeness (QED) is 0.734. The van der Waals surface area contributed by atoms with Gasteiger partial charge in [0, 0.05) is 0 Å². The second-order valence-corrected chi connectivity index (χ2v) is 5.25. The smallest absolute Gasteiger partial charge is 0.408 e. The number of nitrogens with one attached hydrogen (secondary N) is 1. The number of alkyl carbamates (subject to hydrolysis) is 1. The molecule has 0 heterocycles. The van der Waals surface area contributed by atoms with Crippen molar-refractivity contribution in [3.63, 3.8) is 0 Å². The molecule has 0 aliphatic heterocycles. The number of benzene rings is 2. The topological polar surface area (TPSA) is 81.7 Å². The number of carbonyl (C=O) groups excluding carboxylic acids is 3. The number of carbonyl (C=O) groups is 3. The van der Waals surface area contributed by atoms with Crippen LogP contribution in [0.1, 0.15) is 24.5 Å². The summed E-state index contributed by atoms with van der Waals surface area (Å²) in [7, 11) is 0. The molecule has 0 saturated carbocycles. The van der Waals surface area contributed by atoms with Crippen molar-refractivity contribution in [3.8, 4) is 0 Å². The third kappa shape index (κ3) is 9.22. The van der Waals surface area contributed by atoms with Gasteiger partial charge >= 0.3 is 6.09 Å². The first-order chi connectivity index (χ1) is 12.7. The molecule has 6 nitrogen and oxygen atoms in total. The minimum Gasteiger partial charge on any atom is -0.463 e. The SMILES string of the molecule is CC[C@H](C=O)NC(=O)OCc1ccccc1.O=COCc1ccccc1. The Labute approximate surface area is 153 Å². The Bertz CT molecular complexity index is 646. The summed E-state index contributed by atoms with van der Waals surface area (Å²) in [5.74, 6) is 0. The van der Waals surface area contributed by atoms with E-state index in [1.807, 2.05) is 67.6 Å². The Morgan fingerprint density at radius 3 is 1.96 bits per heavy atom. The van der Waals surface area contributed by atoms with Crippen molar-refractivity contribution in [2.24, 2.45) is 0 Å². The molecule has 0 saturated heterocycles. The minimum atomic E-state index is -0.567. The van der Waals surface area contributed by atoms with E-state index in [0.29, 0.717) is 25.8 Å². The number of hydrogen-bond acceptors (Lipinski definition) is 5. The van der Waals surface area contributed by atoms with Crippen molar-refractivity contribution in [1.82, 2.24) is 5.32 Å². The van der Waals surface area contributed by atoms with Gasteiger partial charge in [0.1, 0.15) is 19.5 Å². The van der Waals surface area contributed by atoms with Crippen molar-refractivity contribution in [2.75, 3.05) is 0 Å². The predicted octanol–water partition coefficient (Wildman–Crippen LogP) is 3.25.